The van der Waals surface area contributed by atoms with Crippen molar-refractivity contribution in [3.8, 4) is 0 Å². The zero-order valence-electron chi connectivity index (χ0n) is 9.95. The summed E-state index contributed by atoms with van der Waals surface area (Å²) in [6.07, 6.45) is 2.70. The summed E-state index contributed by atoms with van der Waals surface area (Å²) in [6, 6.07) is 0. The van der Waals surface area contributed by atoms with Crippen molar-refractivity contribution in [1.29, 1.82) is 0 Å². The van der Waals surface area contributed by atoms with Crippen molar-refractivity contribution in [3.63, 3.8) is 0 Å². The Morgan fingerprint density at radius 2 is 1.88 bits per heavy atom. The second kappa shape index (κ2) is 9.11. The van der Waals surface area contributed by atoms with Gasteiger partial charge in [0.15, 0.2) is 0 Å². The normalized spacial score (nSPS) is 10.2. The van der Waals surface area contributed by atoms with Crippen LogP contribution in [-0.4, -0.2) is 48.6 Å². The summed E-state index contributed by atoms with van der Waals surface area (Å²) >= 11 is 0. The number of aliphatic hydroxyl groups is 1. The topological polar surface area (TPSA) is 81.7 Å². The number of likely N-dealkylation sites (N-methyl/N-ethyl adjacent to an activating group) is 1. The number of carbonyl (C=O) groups is 2. The van der Waals surface area contributed by atoms with Gasteiger partial charge in [-0.25, -0.2) is 0 Å². The molecule has 0 atom stereocenters. The van der Waals surface area contributed by atoms with Gasteiger partial charge in [-0.15, -0.1) is 0 Å². The number of carbonyl (C=O) groups excluding carboxylic acids is 2. The van der Waals surface area contributed by atoms with E-state index in [4.69, 9.17) is 5.11 Å². The van der Waals surface area contributed by atoms with Crippen LogP contribution in [0.4, 0.5) is 0 Å². The van der Waals surface area contributed by atoms with Gasteiger partial charge >= 0.3 is 0 Å². The van der Waals surface area contributed by atoms with Crippen LogP contribution in [0.1, 0.15) is 26.2 Å². The monoisotopic (exact) mass is 231 g/mol. The molecule has 0 aliphatic carbocycles. The summed E-state index contributed by atoms with van der Waals surface area (Å²) in [5.74, 6) is -0.529. The molecule has 94 valence electrons. The van der Waals surface area contributed by atoms with E-state index in [1.807, 2.05) is 11.9 Å². The fourth-order valence-electron chi connectivity index (χ4n) is 1.19. The SMILES string of the molecule is CC(=O)NNC(=O)CN(C)CCCCCO. The number of hydrazine groups is 1. The lowest BCUT2D eigenvalue weighted by atomic mass is 10.2. The number of rotatable bonds is 7. The molecule has 0 unspecified atom stereocenters. The molecule has 0 bridgehead atoms. The first kappa shape index (κ1) is 14.9. The van der Waals surface area contributed by atoms with E-state index in [9.17, 15) is 9.59 Å². The number of nitrogens with zero attached hydrogens (tertiary/aromatic N) is 1. The molecule has 0 aromatic rings. The fourth-order valence-corrected chi connectivity index (χ4v) is 1.19. The largest absolute Gasteiger partial charge is 0.396 e. The number of aliphatic hydroxyl groups excluding tert-OH is 1. The van der Waals surface area contributed by atoms with Gasteiger partial charge in [-0.3, -0.25) is 25.3 Å². The van der Waals surface area contributed by atoms with Crippen molar-refractivity contribution in [2.24, 2.45) is 0 Å². The van der Waals surface area contributed by atoms with E-state index in [1.165, 1.54) is 6.92 Å². The third kappa shape index (κ3) is 9.42. The molecule has 0 fully saturated rings. The Hall–Kier alpha value is -1.14. The van der Waals surface area contributed by atoms with E-state index >= 15 is 0 Å². The molecule has 0 aliphatic heterocycles. The smallest absolute Gasteiger partial charge is 0.252 e. The predicted octanol–water partition coefficient (Wildman–Crippen LogP) is -0.752. The van der Waals surface area contributed by atoms with E-state index in [0.717, 1.165) is 25.8 Å². The van der Waals surface area contributed by atoms with Crippen molar-refractivity contribution >= 4 is 11.8 Å². The van der Waals surface area contributed by atoms with E-state index < -0.39 is 0 Å². The van der Waals surface area contributed by atoms with Crippen LogP contribution in [-0.2, 0) is 9.59 Å². The molecule has 0 heterocycles. The molecular formula is C10H21N3O3. The summed E-state index contributed by atoms with van der Waals surface area (Å²) in [7, 11) is 1.84. The number of nitrogens with one attached hydrogen (secondary N) is 2. The number of amides is 2. The number of unbranched alkanes of at least 4 members (excludes halogenated alkanes) is 2. The van der Waals surface area contributed by atoms with Crippen LogP contribution < -0.4 is 10.9 Å². The van der Waals surface area contributed by atoms with Crippen LogP contribution in [0.25, 0.3) is 0 Å². The van der Waals surface area contributed by atoms with Crippen molar-refractivity contribution in [3.05, 3.63) is 0 Å². The Bertz CT molecular complexity index is 221. The Balaban J connectivity index is 3.50. The molecule has 0 rings (SSSR count). The molecule has 0 aliphatic rings. The van der Waals surface area contributed by atoms with Gasteiger partial charge in [-0.05, 0) is 32.9 Å². The van der Waals surface area contributed by atoms with Crippen LogP contribution in [0.3, 0.4) is 0 Å². The average molecular weight is 231 g/mol. The molecule has 3 N–H and O–H groups in total. The Morgan fingerprint density at radius 3 is 2.44 bits per heavy atom. The maximum absolute atomic E-state index is 11.2. The van der Waals surface area contributed by atoms with Gasteiger partial charge in [0, 0.05) is 13.5 Å². The van der Waals surface area contributed by atoms with Crippen LogP contribution in [0.5, 0.6) is 0 Å². The Labute approximate surface area is 96.0 Å². The molecule has 6 nitrogen and oxygen atoms in total. The van der Waals surface area contributed by atoms with Crippen LogP contribution >= 0.6 is 0 Å². The highest BCUT2D eigenvalue weighted by Crippen LogP contribution is 1.96. The van der Waals surface area contributed by atoms with Gasteiger partial charge in [-0.1, -0.05) is 0 Å². The summed E-state index contributed by atoms with van der Waals surface area (Å²) in [5.41, 5.74) is 4.52. The fraction of sp³-hybridized carbons (Fsp3) is 0.800. The molecule has 2 amide bonds. The lowest BCUT2D eigenvalue weighted by Gasteiger charge is -2.15. The van der Waals surface area contributed by atoms with E-state index in [1.54, 1.807) is 0 Å². The Morgan fingerprint density at radius 1 is 1.19 bits per heavy atom. The highest BCUT2D eigenvalue weighted by Gasteiger charge is 2.05. The lowest BCUT2D eigenvalue weighted by Crippen LogP contribution is -2.45. The van der Waals surface area contributed by atoms with Crippen molar-refractivity contribution in [2.45, 2.75) is 26.2 Å². The third-order valence-corrected chi connectivity index (χ3v) is 1.99. The number of hydrogen-bond acceptors (Lipinski definition) is 4. The van der Waals surface area contributed by atoms with E-state index in [2.05, 4.69) is 10.9 Å². The highest BCUT2D eigenvalue weighted by atomic mass is 16.3. The second-order valence-corrected chi connectivity index (χ2v) is 3.75. The maximum Gasteiger partial charge on any atom is 0.252 e. The quantitative estimate of drug-likeness (QED) is 0.398. The van der Waals surface area contributed by atoms with E-state index in [-0.39, 0.29) is 25.0 Å². The highest BCUT2D eigenvalue weighted by molar-refractivity contribution is 5.81. The summed E-state index contributed by atoms with van der Waals surface area (Å²) in [4.78, 5) is 23.6. The predicted molar refractivity (Wildman–Crippen MR) is 60.4 cm³/mol. The van der Waals surface area contributed by atoms with Gasteiger partial charge in [0.1, 0.15) is 0 Å². The van der Waals surface area contributed by atoms with Gasteiger partial charge < -0.3 is 5.11 Å². The lowest BCUT2D eigenvalue weighted by molar-refractivity contribution is -0.128. The molecule has 0 saturated heterocycles. The zero-order valence-corrected chi connectivity index (χ0v) is 9.95. The molecule has 0 spiro atoms. The minimum atomic E-state index is -0.293. The first-order chi connectivity index (χ1) is 7.56. The van der Waals surface area contributed by atoms with Gasteiger partial charge in [0.25, 0.3) is 5.91 Å². The van der Waals surface area contributed by atoms with Gasteiger partial charge in [0.05, 0.1) is 6.54 Å². The first-order valence-corrected chi connectivity index (χ1v) is 5.41. The molecule has 0 aromatic carbocycles. The maximum atomic E-state index is 11.2. The van der Waals surface area contributed by atoms with Gasteiger partial charge in [0.2, 0.25) is 5.91 Å². The third-order valence-electron chi connectivity index (χ3n) is 1.99. The first-order valence-electron chi connectivity index (χ1n) is 5.41. The zero-order chi connectivity index (χ0) is 12.4. The average Bonchev–Trinajstić information content (AvgIpc) is 2.21. The van der Waals surface area contributed by atoms with Crippen molar-refractivity contribution in [2.75, 3.05) is 26.7 Å². The van der Waals surface area contributed by atoms with Crippen LogP contribution in [0.2, 0.25) is 0 Å². The molecule has 6 heteroatoms. The molecule has 0 aromatic heterocycles. The summed E-state index contributed by atoms with van der Waals surface area (Å²) in [5, 5.41) is 8.58. The van der Waals surface area contributed by atoms with Gasteiger partial charge in [-0.2, -0.15) is 0 Å². The number of hydrogen-bond donors (Lipinski definition) is 3. The standard InChI is InChI=1S/C10H21N3O3/c1-9(15)11-12-10(16)8-13(2)6-4-3-5-7-14/h14H,3-8H2,1-2H3,(H,11,15)(H,12,16). The summed E-state index contributed by atoms with van der Waals surface area (Å²) in [6.45, 7) is 2.60. The summed E-state index contributed by atoms with van der Waals surface area (Å²) < 4.78 is 0. The molecule has 0 radical (unpaired) electrons. The molecule has 0 saturated carbocycles. The second-order valence-electron chi connectivity index (χ2n) is 3.75. The Kier molecular flexibility index (Phi) is 8.46. The van der Waals surface area contributed by atoms with Crippen molar-refractivity contribution in [1.82, 2.24) is 15.8 Å². The minimum Gasteiger partial charge on any atom is -0.396 e. The minimum absolute atomic E-state index is 0.215. The van der Waals surface area contributed by atoms with E-state index in [0.29, 0.717) is 0 Å². The van der Waals surface area contributed by atoms with Crippen LogP contribution in [0.15, 0.2) is 0 Å². The van der Waals surface area contributed by atoms with Crippen LogP contribution in [0, 0.1) is 0 Å². The molecular weight excluding hydrogens is 210 g/mol. The molecule has 16 heavy (non-hydrogen) atoms. The van der Waals surface area contributed by atoms with Crippen molar-refractivity contribution < 1.29 is 14.7 Å².